The lowest BCUT2D eigenvalue weighted by Crippen LogP contribution is -2.38. The standard InChI is InChI=1S/C19H29N5S2/c1-19(2,3)15-12-25-16(23-15)10-21-18(20-4)24(5)11-17-22-13-8-6-7-9-14(13)26-17/h12H,6-11H2,1-5H3,(H,20,21). The fraction of sp³-hybridized carbons (Fsp3) is 0.632. The average Bonchev–Trinajstić information content (AvgIpc) is 3.21. The van der Waals surface area contributed by atoms with Crippen LogP contribution in [0.4, 0.5) is 0 Å². The number of nitrogens with one attached hydrogen (secondary N) is 1. The molecule has 0 saturated heterocycles. The Morgan fingerprint density at radius 2 is 2.00 bits per heavy atom. The second-order valence-electron chi connectivity index (χ2n) is 7.82. The molecule has 3 rings (SSSR count). The Hall–Kier alpha value is -1.47. The van der Waals surface area contributed by atoms with Crippen molar-refractivity contribution in [2.24, 2.45) is 4.99 Å². The maximum absolute atomic E-state index is 4.84. The van der Waals surface area contributed by atoms with Crippen molar-refractivity contribution in [3.05, 3.63) is 31.7 Å². The average molecular weight is 392 g/mol. The lowest BCUT2D eigenvalue weighted by Gasteiger charge is -2.20. The van der Waals surface area contributed by atoms with Crippen molar-refractivity contribution in [1.29, 1.82) is 0 Å². The number of rotatable bonds is 4. The fourth-order valence-electron chi connectivity index (χ4n) is 3.03. The van der Waals surface area contributed by atoms with Gasteiger partial charge in [0.25, 0.3) is 0 Å². The molecule has 0 bridgehead atoms. The van der Waals surface area contributed by atoms with Gasteiger partial charge in [0, 0.05) is 29.8 Å². The Morgan fingerprint density at radius 3 is 2.65 bits per heavy atom. The van der Waals surface area contributed by atoms with Crippen molar-refractivity contribution in [2.45, 2.75) is 65.0 Å². The molecule has 2 aromatic heterocycles. The lowest BCUT2D eigenvalue weighted by molar-refractivity contribution is 0.474. The molecule has 0 spiro atoms. The van der Waals surface area contributed by atoms with Crippen LogP contribution in [0.5, 0.6) is 0 Å². The summed E-state index contributed by atoms with van der Waals surface area (Å²) >= 11 is 3.57. The number of aliphatic imine (C=N–C) groups is 1. The molecule has 7 heteroatoms. The van der Waals surface area contributed by atoms with Gasteiger partial charge in [0.2, 0.25) is 0 Å². The maximum Gasteiger partial charge on any atom is 0.194 e. The smallest absolute Gasteiger partial charge is 0.194 e. The molecule has 1 N–H and O–H groups in total. The van der Waals surface area contributed by atoms with Crippen LogP contribution in [-0.4, -0.2) is 34.9 Å². The van der Waals surface area contributed by atoms with E-state index < -0.39 is 0 Å². The topological polar surface area (TPSA) is 53.4 Å². The Balaban J connectivity index is 1.58. The molecule has 0 unspecified atom stereocenters. The molecule has 2 aromatic rings. The molecule has 0 atom stereocenters. The Bertz CT molecular complexity index is 746. The summed E-state index contributed by atoms with van der Waals surface area (Å²) in [4.78, 5) is 17.6. The predicted octanol–water partition coefficient (Wildman–Crippen LogP) is 3.98. The van der Waals surface area contributed by atoms with E-state index in [9.17, 15) is 0 Å². The second-order valence-corrected chi connectivity index (χ2v) is 9.93. The van der Waals surface area contributed by atoms with E-state index in [1.165, 1.54) is 34.8 Å². The van der Waals surface area contributed by atoms with Gasteiger partial charge in [-0.05, 0) is 25.7 Å². The van der Waals surface area contributed by atoms with E-state index in [-0.39, 0.29) is 5.41 Å². The minimum Gasteiger partial charge on any atom is -0.350 e. The molecule has 0 radical (unpaired) electrons. The monoisotopic (exact) mass is 391 g/mol. The number of hydrogen-bond acceptors (Lipinski definition) is 5. The molecular weight excluding hydrogens is 362 g/mol. The first-order chi connectivity index (χ1) is 12.4. The van der Waals surface area contributed by atoms with Crippen LogP contribution >= 0.6 is 22.7 Å². The van der Waals surface area contributed by atoms with Gasteiger partial charge in [-0.15, -0.1) is 22.7 Å². The van der Waals surface area contributed by atoms with Gasteiger partial charge >= 0.3 is 0 Å². The molecule has 0 saturated carbocycles. The van der Waals surface area contributed by atoms with Crippen molar-refractivity contribution in [1.82, 2.24) is 20.2 Å². The summed E-state index contributed by atoms with van der Waals surface area (Å²) in [5.74, 6) is 0.880. The van der Waals surface area contributed by atoms with Crippen LogP contribution in [0, 0.1) is 0 Å². The van der Waals surface area contributed by atoms with Gasteiger partial charge in [0.1, 0.15) is 10.0 Å². The molecule has 0 fully saturated rings. The number of aromatic nitrogens is 2. The third-order valence-corrected chi connectivity index (χ3v) is 6.54. The van der Waals surface area contributed by atoms with E-state index in [2.05, 4.69) is 48.4 Å². The third kappa shape index (κ3) is 4.62. The van der Waals surface area contributed by atoms with Crippen LogP contribution in [0.3, 0.4) is 0 Å². The number of fused-ring (bicyclic) bond motifs is 1. The molecule has 0 aliphatic heterocycles. The van der Waals surface area contributed by atoms with Gasteiger partial charge in [-0.25, -0.2) is 9.97 Å². The van der Waals surface area contributed by atoms with Gasteiger partial charge in [-0.2, -0.15) is 0 Å². The Kier molecular flexibility index (Phi) is 5.97. The van der Waals surface area contributed by atoms with Crippen LogP contribution in [0.25, 0.3) is 0 Å². The van der Waals surface area contributed by atoms with Gasteiger partial charge in [-0.1, -0.05) is 20.8 Å². The zero-order valence-corrected chi connectivity index (χ0v) is 18.1. The highest BCUT2D eigenvalue weighted by Crippen LogP contribution is 2.27. The number of nitrogens with zero attached hydrogens (tertiary/aromatic N) is 4. The molecule has 1 aliphatic carbocycles. The molecule has 142 valence electrons. The maximum atomic E-state index is 4.84. The summed E-state index contributed by atoms with van der Waals surface area (Å²) in [7, 11) is 3.90. The van der Waals surface area contributed by atoms with Crippen LogP contribution in [0.15, 0.2) is 10.4 Å². The summed E-state index contributed by atoms with van der Waals surface area (Å²) in [6.07, 6.45) is 4.92. The van der Waals surface area contributed by atoms with E-state index in [1.807, 2.05) is 18.4 Å². The summed E-state index contributed by atoms with van der Waals surface area (Å²) in [6, 6.07) is 0. The molecule has 2 heterocycles. The quantitative estimate of drug-likeness (QED) is 0.633. The lowest BCUT2D eigenvalue weighted by atomic mass is 9.93. The van der Waals surface area contributed by atoms with Gasteiger partial charge < -0.3 is 10.2 Å². The predicted molar refractivity (Wildman–Crippen MR) is 111 cm³/mol. The molecular formula is C19H29N5S2. The van der Waals surface area contributed by atoms with Crippen molar-refractivity contribution >= 4 is 28.6 Å². The number of hydrogen-bond donors (Lipinski definition) is 1. The normalized spacial score (nSPS) is 15.0. The summed E-state index contributed by atoms with van der Waals surface area (Å²) in [6.45, 7) is 8.08. The number of thiazole rings is 2. The van der Waals surface area contributed by atoms with E-state index in [0.717, 1.165) is 29.6 Å². The zero-order chi connectivity index (χ0) is 18.7. The van der Waals surface area contributed by atoms with Gasteiger partial charge in [0.05, 0.1) is 24.5 Å². The highest BCUT2D eigenvalue weighted by Gasteiger charge is 2.19. The third-order valence-electron chi connectivity index (χ3n) is 4.55. The summed E-state index contributed by atoms with van der Waals surface area (Å²) in [5, 5.41) is 7.87. The van der Waals surface area contributed by atoms with E-state index in [0.29, 0.717) is 6.54 Å². The molecule has 0 amide bonds. The fourth-order valence-corrected chi connectivity index (χ4v) is 5.20. The van der Waals surface area contributed by atoms with Crippen LogP contribution < -0.4 is 5.32 Å². The van der Waals surface area contributed by atoms with Crippen LogP contribution in [0.1, 0.15) is 59.9 Å². The van der Waals surface area contributed by atoms with Crippen molar-refractivity contribution < 1.29 is 0 Å². The molecule has 26 heavy (non-hydrogen) atoms. The highest BCUT2D eigenvalue weighted by molar-refractivity contribution is 7.11. The molecule has 0 aromatic carbocycles. The van der Waals surface area contributed by atoms with Crippen molar-refractivity contribution in [2.75, 3.05) is 14.1 Å². The minimum atomic E-state index is 0.0944. The van der Waals surface area contributed by atoms with E-state index in [1.54, 1.807) is 11.3 Å². The van der Waals surface area contributed by atoms with E-state index >= 15 is 0 Å². The zero-order valence-electron chi connectivity index (χ0n) is 16.4. The minimum absolute atomic E-state index is 0.0944. The summed E-state index contributed by atoms with van der Waals surface area (Å²) in [5.41, 5.74) is 2.57. The summed E-state index contributed by atoms with van der Waals surface area (Å²) < 4.78 is 0. The van der Waals surface area contributed by atoms with Gasteiger partial charge in [0.15, 0.2) is 5.96 Å². The Labute approximate surface area is 164 Å². The van der Waals surface area contributed by atoms with Crippen LogP contribution in [0.2, 0.25) is 0 Å². The molecule has 1 aliphatic rings. The SMILES string of the molecule is CN=C(NCc1nc(C(C)(C)C)cs1)N(C)Cc1nc2c(s1)CCCC2. The first-order valence-corrected chi connectivity index (χ1v) is 10.9. The number of guanidine groups is 1. The first-order valence-electron chi connectivity index (χ1n) is 9.21. The van der Waals surface area contributed by atoms with Gasteiger partial charge in [-0.3, -0.25) is 4.99 Å². The largest absolute Gasteiger partial charge is 0.350 e. The van der Waals surface area contributed by atoms with Crippen molar-refractivity contribution in [3.8, 4) is 0 Å². The number of aryl methyl sites for hydroxylation is 2. The second kappa shape index (κ2) is 8.05. The first kappa shape index (κ1) is 19.3. The Morgan fingerprint density at radius 1 is 1.23 bits per heavy atom. The molecule has 5 nitrogen and oxygen atoms in total. The van der Waals surface area contributed by atoms with Crippen molar-refractivity contribution in [3.63, 3.8) is 0 Å². The van der Waals surface area contributed by atoms with Crippen LogP contribution in [-0.2, 0) is 31.3 Å². The van der Waals surface area contributed by atoms with E-state index in [4.69, 9.17) is 9.97 Å². The highest BCUT2D eigenvalue weighted by atomic mass is 32.1.